The average Bonchev–Trinajstić information content (AvgIpc) is 2.96. The number of hydrogen-bond donors (Lipinski definition) is 1. The lowest BCUT2D eigenvalue weighted by Crippen LogP contribution is -2.51. The lowest BCUT2D eigenvalue weighted by atomic mass is 10.1. The molecule has 0 bridgehead atoms. The molecule has 1 amide bonds. The molecular formula is C12H14N2O3S. The summed E-state index contributed by atoms with van der Waals surface area (Å²) in [4.78, 5) is 27.0. The number of piperazine rings is 1. The van der Waals surface area contributed by atoms with Crippen molar-refractivity contribution in [2.45, 2.75) is 18.9 Å². The summed E-state index contributed by atoms with van der Waals surface area (Å²) in [6, 6.07) is 3.82. The second-order valence-electron chi connectivity index (χ2n) is 4.67. The molecule has 2 aliphatic heterocycles. The molecule has 1 aromatic heterocycles. The molecular weight excluding hydrogens is 252 g/mol. The predicted molar refractivity (Wildman–Crippen MR) is 68.2 cm³/mol. The lowest BCUT2D eigenvalue weighted by molar-refractivity contribution is -0.129. The number of carboxylic acid groups (broad SMARTS) is 1. The van der Waals surface area contributed by atoms with E-state index in [1.807, 2.05) is 11.0 Å². The van der Waals surface area contributed by atoms with E-state index < -0.39 is 5.97 Å². The molecule has 18 heavy (non-hydrogen) atoms. The van der Waals surface area contributed by atoms with Crippen molar-refractivity contribution in [2.75, 3.05) is 24.5 Å². The van der Waals surface area contributed by atoms with E-state index >= 15 is 0 Å². The van der Waals surface area contributed by atoms with E-state index in [9.17, 15) is 9.59 Å². The zero-order chi connectivity index (χ0) is 12.7. The Morgan fingerprint density at radius 1 is 1.39 bits per heavy atom. The quantitative estimate of drug-likeness (QED) is 0.875. The van der Waals surface area contributed by atoms with Crippen molar-refractivity contribution < 1.29 is 14.7 Å². The number of carbonyl (C=O) groups excluding carboxylic acids is 1. The van der Waals surface area contributed by atoms with Gasteiger partial charge in [-0.3, -0.25) is 4.79 Å². The minimum absolute atomic E-state index is 0.261. The molecule has 96 valence electrons. The van der Waals surface area contributed by atoms with Gasteiger partial charge >= 0.3 is 5.97 Å². The van der Waals surface area contributed by atoms with Gasteiger partial charge in [0.1, 0.15) is 4.88 Å². The molecule has 2 saturated heterocycles. The highest BCUT2D eigenvalue weighted by molar-refractivity contribution is 7.17. The van der Waals surface area contributed by atoms with Crippen LogP contribution in [0.25, 0.3) is 0 Å². The molecule has 6 heteroatoms. The molecule has 0 aliphatic carbocycles. The number of rotatable bonds is 2. The molecule has 1 atom stereocenters. The van der Waals surface area contributed by atoms with Crippen LogP contribution in [0.1, 0.15) is 22.5 Å². The topological polar surface area (TPSA) is 60.9 Å². The Labute approximate surface area is 109 Å². The first-order valence-electron chi connectivity index (χ1n) is 6.02. The van der Waals surface area contributed by atoms with Crippen LogP contribution in [-0.2, 0) is 4.79 Å². The first kappa shape index (κ1) is 11.5. The van der Waals surface area contributed by atoms with Gasteiger partial charge in [-0.25, -0.2) is 4.79 Å². The summed E-state index contributed by atoms with van der Waals surface area (Å²) in [5.41, 5.74) is 0. The second kappa shape index (κ2) is 4.28. The maximum atomic E-state index is 11.6. The molecule has 0 saturated carbocycles. The van der Waals surface area contributed by atoms with E-state index in [1.165, 1.54) is 11.3 Å². The van der Waals surface area contributed by atoms with E-state index in [4.69, 9.17) is 5.11 Å². The third kappa shape index (κ3) is 1.86. The summed E-state index contributed by atoms with van der Waals surface area (Å²) in [7, 11) is 0. The van der Waals surface area contributed by atoms with E-state index in [-0.39, 0.29) is 5.91 Å². The van der Waals surface area contributed by atoms with E-state index in [0.29, 0.717) is 17.3 Å². The van der Waals surface area contributed by atoms with Crippen LogP contribution >= 0.6 is 11.3 Å². The van der Waals surface area contributed by atoms with Crippen LogP contribution in [0.3, 0.4) is 0 Å². The zero-order valence-electron chi connectivity index (χ0n) is 9.83. The van der Waals surface area contributed by atoms with Crippen LogP contribution in [0.4, 0.5) is 5.00 Å². The number of hydrogen-bond acceptors (Lipinski definition) is 4. The first-order valence-corrected chi connectivity index (χ1v) is 6.84. The number of nitrogens with zero attached hydrogens (tertiary/aromatic N) is 2. The predicted octanol–water partition coefficient (Wildman–Crippen LogP) is 1.26. The van der Waals surface area contributed by atoms with Crippen molar-refractivity contribution >= 4 is 28.2 Å². The highest BCUT2D eigenvalue weighted by Gasteiger charge is 2.35. The number of fused-ring (bicyclic) bond motifs is 1. The summed E-state index contributed by atoms with van der Waals surface area (Å²) in [5, 5.41) is 9.91. The standard InChI is InChI=1S/C12H14N2O3S/c15-10-3-1-8-7-13(5-6-14(8)10)11-4-2-9(18-11)12(16)17/h2,4,8H,1,3,5-7H2,(H,16,17). The maximum absolute atomic E-state index is 11.6. The van der Waals surface area contributed by atoms with Crippen LogP contribution in [0.5, 0.6) is 0 Å². The molecule has 0 spiro atoms. The van der Waals surface area contributed by atoms with E-state index in [0.717, 1.165) is 31.1 Å². The van der Waals surface area contributed by atoms with Gasteiger partial charge in [-0.2, -0.15) is 0 Å². The van der Waals surface area contributed by atoms with Gasteiger partial charge in [-0.15, -0.1) is 11.3 Å². The normalized spacial score (nSPS) is 23.3. The minimum Gasteiger partial charge on any atom is -0.477 e. The van der Waals surface area contributed by atoms with Gasteiger partial charge in [0.15, 0.2) is 0 Å². The number of thiophene rings is 1. The van der Waals surface area contributed by atoms with Gasteiger partial charge in [0.05, 0.1) is 5.00 Å². The average molecular weight is 266 g/mol. The molecule has 0 aromatic carbocycles. The molecule has 1 aromatic rings. The van der Waals surface area contributed by atoms with Gasteiger partial charge in [0, 0.05) is 32.1 Å². The van der Waals surface area contributed by atoms with Crippen molar-refractivity contribution in [3.63, 3.8) is 0 Å². The van der Waals surface area contributed by atoms with E-state index in [1.54, 1.807) is 6.07 Å². The van der Waals surface area contributed by atoms with Gasteiger partial charge in [-0.05, 0) is 18.6 Å². The summed E-state index contributed by atoms with van der Waals surface area (Å²) in [6.45, 7) is 2.37. The van der Waals surface area contributed by atoms with Crippen LogP contribution in [-0.4, -0.2) is 47.6 Å². The smallest absolute Gasteiger partial charge is 0.345 e. The Kier molecular flexibility index (Phi) is 2.74. The van der Waals surface area contributed by atoms with Gasteiger partial charge in [-0.1, -0.05) is 0 Å². The number of amides is 1. The molecule has 0 radical (unpaired) electrons. The lowest BCUT2D eigenvalue weighted by Gasteiger charge is -2.38. The minimum atomic E-state index is -0.874. The van der Waals surface area contributed by atoms with Crippen molar-refractivity contribution in [2.24, 2.45) is 0 Å². The SMILES string of the molecule is O=C(O)c1ccc(N2CCN3C(=O)CCC3C2)s1. The number of carboxylic acids is 1. The van der Waals surface area contributed by atoms with E-state index in [2.05, 4.69) is 4.90 Å². The molecule has 5 nitrogen and oxygen atoms in total. The fourth-order valence-corrected chi connectivity index (χ4v) is 3.56. The Morgan fingerprint density at radius 2 is 2.22 bits per heavy atom. The summed E-state index contributed by atoms with van der Waals surface area (Å²) >= 11 is 1.31. The second-order valence-corrected chi connectivity index (χ2v) is 5.73. The molecule has 1 unspecified atom stereocenters. The summed E-state index contributed by atoms with van der Waals surface area (Å²) in [6.07, 6.45) is 1.58. The molecule has 3 heterocycles. The number of aromatic carboxylic acids is 1. The van der Waals surface area contributed by atoms with Crippen LogP contribution in [0.2, 0.25) is 0 Å². The molecule has 3 rings (SSSR count). The fourth-order valence-electron chi connectivity index (χ4n) is 2.68. The van der Waals surface area contributed by atoms with Crippen molar-refractivity contribution in [1.82, 2.24) is 4.90 Å². The van der Waals surface area contributed by atoms with Crippen LogP contribution in [0.15, 0.2) is 12.1 Å². The van der Waals surface area contributed by atoms with Gasteiger partial charge in [0.25, 0.3) is 0 Å². The first-order chi connectivity index (χ1) is 8.65. The third-order valence-electron chi connectivity index (χ3n) is 3.61. The molecule has 1 N–H and O–H groups in total. The molecule has 2 aliphatic rings. The summed E-state index contributed by atoms with van der Waals surface area (Å²) in [5.74, 6) is -0.613. The van der Waals surface area contributed by atoms with Crippen molar-refractivity contribution in [3.8, 4) is 0 Å². The zero-order valence-corrected chi connectivity index (χ0v) is 10.7. The fraction of sp³-hybridized carbons (Fsp3) is 0.500. The van der Waals surface area contributed by atoms with Crippen molar-refractivity contribution in [1.29, 1.82) is 0 Å². The van der Waals surface area contributed by atoms with Crippen LogP contribution in [0, 0.1) is 0 Å². The maximum Gasteiger partial charge on any atom is 0.345 e. The highest BCUT2D eigenvalue weighted by atomic mass is 32.1. The molecule has 2 fully saturated rings. The highest BCUT2D eigenvalue weighted by Crippen LogP contribution is 2.30. The third-order valence-corrected chi connectivity index (χ3v) is 4.74. The Bertz CT molecular complexity index is 499. The van der Waals surface area contributed by atoms with Crippen LogP contribution < -0.4 is 4.90 Å². The Morgan fingerprint density at radius 3 is 2.94 bits per heavy atom. The Hall–Kier alpha value is -1.56. The largest absolute Gasteiger partial charge is 0.477 e. The number of anilines is 1. The van der Waals surface area contributed by atoms with Gasteiger partial charge in [0.2, 0.25) is 5.91 Å². The van der Waals surface area contributed by atoms with Crippen molar-refractivity contribution in [3.05, 3.63) is 17.0 Å². The number of carbonyl (C=O) groups is 2. The Balaban J connectivity index is 1.74. The summed E-state index contributed by atoms with van der Waals surface area (Å²) < 4.78 is 0. The monoisotopic (exact) mass is 266 g/mol. The van der Waals surface area contributed by atoms with Gasteiger partial charge < -0.3 is 14.9 Å².